The Morgan fingerprint density at radius 2 is 1.92 bits per heavy atom. The van der Waals surface area contributed by atoms with E-state index in [0.29, 0.717) is 18.0 Å². The van der Waals surface area contributed by atoms with Crippen LogP contribution in [0.4, 0.5) is 11.4 Å². The first kappa shape index (κ1) is 18.3. The lowest BCUT2D eigenvalue weighted by molar-refractivity contribution is -0.113. The topological polar surface area (TPSA) is 96.9 Å². The molecule has 136 valence electrons. The molecular weight excluding hydrogens is 374 g/mol. The highest BCUT2D eigenvalue weighted by Gasteiger charge is 2.24. The number of ether oxygens (including phenoxy) is 1. The van der Waals surface area contributed by atoms with E-state index in [-0.39, 0.29) is 21.7 Å². The molecule has 0 saturated heterocycles. The molecule has 2 aromatic rings. The van der Waals surface area contributed by atoms with Crippen LogP contribution < -0.4 is 15.4 Å². The predicted octanol–water partition coefficient (Wildman–Crippen LogP) is 2.93. The number of hydrogen-bond donors (Lipinski definition) is 2. The quantitative estimate of drug-likeness (QED) is 0.813. The Morgan fingerprint density at radius 1 is 1.19 bits per heavy atom. The van der Waals surface area contributed by atoms with Gasteiger partial charge in [0.2, 0.25) is 5.91 Å². The van der Waals surface area contributed by atoms with E-state index >= 15 is 0 Å². The predicted molar refractivity (Wildman–Crippen MR) is 103 cm³/mol. The second-order valence-corrected chi connectivity index (χ2v) is 7.82. The maximum absolute atomic E-state index is 12.2. The average Bonchev–Trinajstić information content (AvgIpc) is 2.61. The third-order valence-electron chi connectivity index (χ3n) is 3.40. The normalized spacial score (nSPS) is 14.6. The molecule has 9 heteroatoms. The van der Waals surface area contributed by atoms with Crippen LogP contribution in [0.15, 0.2) is 57.8 Å². The van der Waals surface area contributed by atoms with Gasteiger partial charge in [-0.1, -0.05) is 23.9 Å². The van der Waals surface area contributed by atoms with E-state index in [1.807, 2.05) is 6.92 Å². The smallest absolute Gasteiger partial charge is 0.286 e. The van der Waals surface area contributed by atoms with Gasteiger partial charge in [-0.15, -0.1) is 4.40 Å². The fourth-order valence-corrected chi connectivity index (χ4v) is 4.32. The number of hydrogen-bond acceptors (Lipinski definition) is 6. The highest BCUT2D eigenvalue weighted by Crippen LogP contribution is 2.29. The number of amides is 1. The van der Waals surface area contributed by atoms with E-state index in [4.69, 9.17) is 4.74 Å². The molecule has 0 saturated carbocycles. The molecule has 1 heterocycles. The van der Waals surface area contributed by atoms with Gasteiger partial charge in [-0.25, -0.2) is 0 Å². The zero-order valence-corrected chi connectivity index (χ0v) is 15.6. The summed E-state index contributed by atoms with van der Waals surface area (Å²) in [6.07, 6.45) is 0. The van der Waals surface area contributed by atoms with Gasteiger partial charge in [0.1, 0.15) is 10.6 Å². The lowest BCUT2D eigenvalue weighted by Crippen LogP contribution is -2.22. The number of carbonyl (C=O) groups excluding carboxylic acids is 1. The van der Waals surface area contributed by atoms with Gasteiger partial charge in [0.05, 0.1) is 18.0 Å². The van der Waals surface area contributed by atoms with Crippen LogP contribution in [0.5, 0.6) is 5.75 Å². The van der Waals surface area contributed by atoms with Crippen LogP contribution in [-0.4, -0.2) is 31.9 Å². The molecule has 1 aliphatic rings. The van der Waals surface area contributed by atoms with Crippen LogP contribution >= 0.6 is 11.8 Å². The maximum atomic E-state index is 12.2. The van der Waals surface area contributed by atoms with Crippen molar-refractivity contribution in [3.05, 3.63) is 48.5 Å². The Hall–Kier alpha value is -2.52. The van der Waals surface area contributed by atoms with Crippen LogP contribution in [0, 0.1) is 0 Å². The molecule has 0 fully saturated rings. The Balaban J connectivity index is 1.59. The lowest BCUT2D eigenvalue weighted by Gasteiger charge is -2.17. The van der Waals surface area contributed by atoms with E-state index in [0.717, 1.165) is 17.5 Å². The van der Waals surface area contributed by atoms with Crippen molar-refractivity contribution in [2.24, 2.45) is 4.40 Å². The van der Waals surface area contributed by atoms with Crippen LogP contribution in [0.25, 0.3) is 0 Å². The highest BCUT2D eigenvalue weighted by molar-refractivity contribution is 8.15. The molecule has 1 aliphatic heterocycles. The van der Waals surface area contributed by atoms with Gasteiger partial charge in [-0.05, 0) is 43.3 Å². The summed E-state index contributed by atoms with van der Waals surface area (Å²) >= 11 is 1.02. The van der Waals surface area contributed by atoms with Crippen LogP contribution in [0.1, 0.15) is 6.92 Å². The standard InChI is InChI=1S/C17H17N3O4S2/c1-2-24-13-9-7-12(8-10-13)18-16(21)11-25-17-19-14-5-3-4-6-15(14)26(22,23)20-17/h3-10H,2,11H2,1H3,(H,18,21)(H,19,20). The first-order valence-electron chi connectivity index (χ1n) is 7.84. The van der Waals surface area contributed by atoms with E-state index in [2.05, 4.69) is 15.0 Å². The minimum absolute atomic E-state index is 0.0245. The first-order valence-corrected chi connectivity index (χ1v) is 10.3. The molecule has 0 spiro atoms. The summed E-state index contributed by atoms with van der Waals surface area (Å²) in [7, 11) is -3.75. The average molecular weight is 391 g/mol. The third-order valence-corrected chi connectivity index (χ3v) is 5.72. The molecule has 2 N–H and O–H groups in total. The number of thioether (sulfide) groups is 1. The van der Waals surface area contributed by atoms with Crippen molar-refractivity contribution in [3.8, 4) is 5.75 Å². The molecule has 0 atom stereocenters. The molecule has 0 aliphatic carbocycles. The number of anilines is 2. The van der Waals surface area contributed by atoms with Crippen molar-refractivity contribution >= 4 is 44.2 Å². The van der Waals surface area contributed by atoms with Crippen molar-refractivity contribution in [1.82, 2.24) is 0 Å². The van der Waals surface area contributed by atoms with Gasteiger partial charge in [-0.2, -0.15) is 8.42 Å². The molecule has 1 amide bonds. The molecule has 7 nitrogen and oxygen atoms in total. The highest BCUT2D eigenvalue weighted by atomic mass is 32.2. The van der Waals surface area contributed by atoms with Crippen LogP contribution in [-0.2, 0) is 14.8 Å². The number of carbonyl (C=O) groups is 1. The summed E-state index contributed by atoms with van der Waals surface area (Å²) in [5.74, 6) is 0.487. The van der Waals surface area contributed by atoms with Gasteiger partial charge in [0.15, 0.2) is 5.17 Å². The van der Waals surface area contributed by atoms with Gasteiger partial charge >= 0.3 is 0 Å². The number of nitrogens with one attached hydrogen (secondary N) is 2. The number of sulfonamides is 1. The summed E-state index contributed by atoms with van der Waals surface area (Å²) in [6, 6.07) is 13.5. The maximum Gasteiger partial charge on any atom is 0.286 e. The van der Waals surface area contributed by atoms with Crippen LogP contribution in [0.2, 0.25) is 0 Å². The third kappa shape index (κ3) is 4.36. The van der Waals surface area contributed by atoms with Gasteiger partial charge in [0.25, 0.3) is 10.0 Å². The van der Waals surface area contributed by atoms with Crippen LogP contribution in [0.3, 0.4) is 0 Å². The van der Waals surface area contributed by atoms with E-state index in [1.165, 1.54) is 6.07 Å². The first-order chi connectivity index (χ1) is 12.5. The number of benzene rings is 2. The number of amidine groups is 1. The summed E-state index contributed by atoms with van der Waals surface area (Å²) in [4.78, 5) is 12.2. The largest absolute Gasteiger partial charge is 0.494 e. The molecule has 0 radical (unpaired) electrons. The molecule has 0 bridgehead atoms. The second kappa shape index (κ2) is 7.79. The van der Waals surface area contributed by atoms with Gasteiger partial charge in [0, 0.05) is 5.69 Å². The number of rotatable bonds is 5. The molecular formula is C17H17N3O4S2. The van der Waals surface area contributed by atoms with Gasteiger partial charge < -0.3 is 15.4 Å². The summed E-state index contributed by atoms with van der Waals surface area (Å²) in [6.45, 7) is 2.47. The van der Waals surface area contributed by atoms with E-state index in [9.17, 15) is 13.2 Å². The summed E-state index contributed by atoms with van der Waals surface area (Å²) in [5, 5.41) is 5.85. The number of nitrogens with zero attached hydrogens (tertiary/aromatic N) is 1. The van der Waals surface area contributed by atoms with Gasteiger partial charge in [-0.3, -0.25) is 4.79 Å². The molecule has 2 aromatic carbocycles. The SMILES string of the molecule is CCOc1ccc(NC(=O)CSC2=NS(=O)(=O)c3ccccc3N2)cc1. The van der Waals surface area contributed by atoms with Crippen molar-refractivity contribution in [2.75, 3.05) is 23.0 Å². The Morgan fingerprint density at radius 3 is 2.65 bits per heavy atom. The lowest BCUT2D eigenvalue weighted by atomic mass is 10.3. The molecule has 0 unspecified atom stereocenters. The molecule has 26 heavy (non-hydrogen) atoms. The Kier molecular flexibility index (Phi) is 5.48. The van der Waals surface area contributed by atoms with E-state index in [1.54, 1.807) is 42.5 Å². The summed E-state index contributed by atoms with van der Waals surface area (Å²) in [5.41, 5.74) is 1.09. The molecule has 0 aromatic heterocycles. The number of fused-ring (bicyclic) bond motifs is 1. The minimum Gasteiger partial charge on any atom is -0.494 e. The fourth-order valence-electron chi connectivity index (χ4n) is 2.29. The zero-order chi connectivity index (χ0) is 18.6. The van der Waals surface area contributed by atoms with Crippen molar-refractivity contribution in [3.63, 3.8) is 0 Å². The number of para-hydroxylation sites is 1. The zero-order valence-electron chi connectivity index (χ0n) is 13.9. The monoisotopic (exact) mass is 391 g/mol. The van der Waals surface area contributed by atoms with Crippen molar-refractivity contribution in [2.45, 2.75) is 11.8 Å². The molecule has 3 rings (SSSR count). The second-order valence-electron chi connectivity index (χ2n) is 5.29. The fraction of sp³-hybridized carbons (Fsp3) is 0.176. The van der Waals surface area contributed by atoms with E-state index < -0.39 is 10.0 Å². The Labute approximate surface area is 155 Å². The summed E-state index contributed by atoms with van der Waals surface area (Å²) < 4.78 is 33.4. The Bertz CT molecular complexity index is 941. The van der Waals surface area contributed by atoms with Crippen molar-refractivity contribution < 1.29 is 17.9 Å². The van der Waals surface area contributed by atoms with Crippen molar-refractivity contribution in [1.29, 1.82) is 0 Å². The minimum atomic E-state index is -3.75.